The Morgan fingerprint density at radius 1 is 1.16 bits per heavy atom. The summed E-state index contributed by atoms with van der Waals surface area (Å²) in [6.07, 6.45) is 2.05. The predicted octanol–water partition coefficient (Wildman–Crippen LogP) is 5.29. The third-order valence-corrected chi connectivity index (χ3v) is 7.21. The van der Waals surface area contributed by atoms with Gasteiger partial charge in [0.15, 0.2) is 11.6 Å². The van der Waals surface area contributed by atoms with Crippen LogP contribution in [0.2, 0.25) is 0 Å². The minimum absolute atomic E-state index is 0.146. The highest BCUT2D eigenvalue weighted by atomic mass is 32.1. The third-order valence-electron chi connectivity index (χ3n) is 6.15. The van der Waals surface area contributed by atoms with Gasteiger partial charge in [-0.1, -0.05) is 13.8 Å². The second-order valence-corrected chi connectivity index (χ2v) is 10.0. The molecule has 2 aromatic carbocycles. The van der Waals surface area contributed by atoms with Gasteiger partial charge in [0.2, 0.25) is 5.88 Å². The summed E-state index contributed by atoms with van der Waals surface area (Å²) in [5, 5.41) is 11.2. The number of ether oxygens (including phenoxy) is 2. The number of aryl methyl sites for hydroxylation is 1. The van der Waals surface area contributed by atoms with Crippen LogP contribution in [0.3, 0.4) is 0 Å². The molecule has 2 unspecified atom stereocenters. The monoisotopic (exact) mass is 453 g/mol. The van der Waals surface area contributed by atoms with E-state index in [4.69, 9.17) is 9.47 Å². The van der Waals surface area contributed by atoms with Crippen molar-refractivity contribution < 1.29 is 19.0 Å². The van der Waals surface area contributed by atoms with Crippen LogP contribution in [0.15, 0.2) is 30.5 Å². The largest absolute Gasteiger partial charge is 0.485 e. The summed E-state index contributed by atoms with van der Waals surface area (Å²) in [7, 11) is 1.56. The van der Waals surface area contributed by atoms with E-state index in [0.29, 0.717) is 28.9 Å². The average molecular weight is 454 g/mol. The molecule has 1 aliphatic rings. The van der Waals surface area contributed by atoms with Crippen molar-refractivity contribution in [3.63, 3.8) is 0 Å². The van der Waals surface area contributed by atoms with Crippen LogP contribution in [-0.4, -0.2) is 39.4 Å². The number of aromatic nitrogens is 3. The van der Waals surface area contributed by atoms with Crippen LogP contribution in [0.25, 0.3) is 31.8 Å². The standard InChI is InChI=1S/C24H24FN3O3S/c1-12-7-13(21-16(8-12)27-20(30-4)11-26-21)23-28-15-9-14(25)18(10-19(15)32-23)31-17-5-6-24(2,3)22(17)29/h7-11,17,22,29H,5-6H2,1-4H3. The van der Waals surface area contributed by atoms with Gasteiger partial charge in [-0.3, -0.25) is 0 Å². The molecule has 0 saturated heterocycles. The zero-order chi connectivity index (χ0) is 22.6. The molecule has 32 heavy (non-hydrogen) atoms. The van der Waals surface area contributed by atoms with E-state index in [-0.39, 0.29) is 11.2 Å². The number of benzene rings is 2. The maximum atomic E-state index is 14.8. The summed E-state index contributed by atoms with van der Waals surface area (Å²) < 4.78 is 26.7. The summed E-state index contributed by atoms with van der Waals surface area (Å²) in [5.74, 6) is 0.109. The molecule has 0 aliphatic heterocycles. The first-order valence-electron chi connectivity index (χ1n) is 10.5. The molecule has 1 aliphatic carbocycles. The first kappa shape index (κ1) is 21.0. The molecule has 0 amide bonds. The Balaban J connectivity index is 1.55. The summed E-state index contributed by atoms with van der Waals surface area (Å²) in [6.45, 7) is 5.98. The number of rotatable bonds is 4. The van der Waals surface area contributed by atoms with E-state index in [9.17, 15) is 9.50 Å². The lowest BCUT2D eigenvalue weighted by atomic mass is 9.89. The molecule has 166 valence electrons. The van der Waals surface area contributed by atoms with Crippen molar-refractivity contribution in [1.82, 2.24) is 15.0 Å². The molecular formula is C24H24FN3O3S. The normalized spacial score (nSPS) is 20.2. The van der Waals surface area contributed by atoms with Gasteiger partial charge in [-0.05, 0) is 42.9 Å². The van der Waals surface area contributed by atoms with Gasteiger partial charge in [0.05, 0.1) is 40.7 Å². The topological polar surface area (TPSA) is 77.4 Å². The fourth-order valence-corrected chi connectivity index (χ4v) is 5.25. The fourth-order valence-electron chi connectivity index (χ4n) is 4.25. The van der Waals surface area contributed by atoms with Crippen molar-refractivity contribution in [1.29, 1.82) is 0 Å². The second kappa shape index (κ2) is 7.64. The molecule has 1 N–H and O–H groups in total. The molecule has 8 heteroatoms. The third kappa shape index (κ3) is 3.57. The number of aliphatic hydroxyl groups excluding tert-OH is 1. The maximum absolute atomic E-state index is 14.8. The summed E-state index contributed by atoms with van der Waals surface area (Å²) >= 11 is 1.45. The molecule has 0 spiro atoms. The van der Waals surface area contributed by atoms with E-state index in [1.807, 2.05) is 32.9 Å². The van der Waals surface area contributed by atoms with Crippen molar-refractivity contribution in [3.05, 3.63) is 41.8 Å². The Hall–Kier alpha value is -2.84. The molecule has 0 radical (unpaired) electrons. The summed E-state index contributed by atoms with van der Waals surface area (Å²) in [4.78, 5) is 13.7. The number of nitrogens with zero attached hydrogens (tertiary/aromatic N) is 3. The van der Waals surface area contributed by atoms with Gasteiger partial charge < -0.3 is 14.6 Å². The van der Waals surface area contributed by atoms with E-state index in [1.165, 1.54) is 17.4 Å². The number of halogens is 1. The molecule has 2 heterocycles. The zero-order valence-corrected chi connectivity index (χ0v) is 19.2. The van der Waals surface area contributed by atoms with Gasteiger partial charge >= 0.3 is 0 Å². The molecule has 5 rings (SSSR count). The van der Waals surface area contributed by atoms with Crippen molar-refractivity contribution >= 4 is 32.6 Å². The van der Waals surface area contributed by atoms with E-state index < -0.39 is 18.0 Å². The lowest BCUT2D eigenvalue weighted by molar-refractivity contribution is 0.00359. The first-order valence-corrected chi connectivity index (χ1v) is 11.3. The van der Waals surface area contributed by atoms with Gasteiger partial charge in [-0.2, -0.15) is 0 Å². The van der Waals surface area contributed by atoms with E-state index >= 15 is 0 Å². The fraction of sp³-hybridized carbons (Fsp3) is 0.375. The number of fused-ring (bicyclic) bond motifs is 2. The minimum Gasteiger partial charge on any atom is -0.485 e. The van der Waals surface area contributed by atoms with Crippen LogP contribution in [0.5, 0.6) is 11.6 Å². The maximum Gasteiger partial charge on any atom is 0.232 e. The molecular weight excluding hydrogens is 429 g/mol. The van der Waals surface area contributed by atoms with Crippen LogP contribution in [0.4, 0.5) is 4.39 Å². The Kier molecular flexibility index (Phi) is 5.02. The number of methoxy groups -OCH3 is 1. The summed E-state index contributed by atoms with van der Waals surface area (Å²) in [5.41, 5.74) is 3.60. The van der Waals surface area contributed by atoms with Crippen LogP contribution in [0.1, 0.15) is 32.3 Å². The van der Waals surface area contributed by atoms with Crippen LogP contribution in [0, 0.1) is 18.2 Å². The Morgan fingerprint density at radius 2 is 1.97 bits per heavy atom. The van der Waals surface area contributed by atoms with Gasteiger partial charge in [-0.25, -0.2) is 19.3 Å². The van der Waals surface area contributed by atoms with E-state index in [0.717, 1.165) is 27.3 Å². The Bertz CT molecular complexity index is 1340. The minimum atomic E-state index is -0.635. The number of hydrogen-bond acceptors (Lipinski definition) is 7. The molecule has 4 aromatic rings. The number of thiazole rings is 1. The Labute approximate surface area is 189 Å². The first-order chi connectivity index (χ1) is 15.2. The SMILES string of the molecule is COc1cnc2c(-c3nc4cc(F)c(OC5CCC(C)(C)C5O)cc4s3)cc(C)cc2n1. The van der Waals surface area contributed by atoms with Gasteiger partial charge in [0.25, 0.3) is 0 Å². The van der Waals surface area contributed by atoms with Crippen LogP contribution < -0.4 is 9.47 Å². The van der Waals surface area contributed by atoms with Gasteiger partial charge in [0, 0.05) is 17.7 Å². The zero-order valence-electron chi connectivity index (χ0n) is 18.3. The van der Waals surface area contributed by atoms with Crippen molar-refractivity contribution in [2.45, 2.75) is 45.8 Å². The average Bonchev–Trinajstić information content (AvgIpc) is 3.28. The highest BCUT2D eigenvalue weighted by Crippen LogP contribution is 2.41. The lowest BCUT2D eigenvalue weighted by Gasteiger charge is -2.25. The smallest absolute Gasteiger partial charge is 0.232 e. The van der Waals surface area contributed by atoms with Gasteiger partial charge in [-0.15, -0.1) is 11.3 Å². The molecule has 1 fully saturated rings. The van der Waals surface area contributed by atoms with Gasteiger partial charge in [0.1, 0.15) is 11.1 Å². The van der Waals surface area contributed by atoms with Crippen molar-refractivity contribution in [3.8, 4) is 22.2 Å². The van der Waals surface area contributed by atoms with Crippen LogP contribution in [-0.2, 0) is 0 Å². The van der Waals surface area contributed by atoms with E-state index in [2.05, 4.69) is 15.0 Å². The number of hydrogen-bond donors (Lipinski definition) is 1. The molecule has 6 nitrogen and oxygen atoms in total. The quantitative estimate of drug-likeness (QED) is 0.452. The van der Waals surface area contributed by atoms with E-state index in [1.54, 1.807) is 19.4 Å². The molecule has 2 aromatic heterocycles. The summed E-state index contributed by atoms with van der Waals surface area (Å²) in [6, 6.07) is 7.02. The molecule has 0 bridgehead atoms. The van der Waals surface area contributed by atoms with Crippen molar-refractivity contribution in [2.75, 3.05) is 7.11 Å². The highest BCUT2D eigenvalue weighted by Gasteiger charge is 2.42. The van der Waals surface area contributed by atoms with Crippen LogP contribution >= 0.6 is 11.3 Å². The lowest BCUT2D eigenvalue weighted by Crippen LogP contribution is -2.34. The second-order valence-electron chi connectivity index (χ2n) is 8.99. The Morgan fingerprint density at radius 3 is 2.69 bits per heavy atom. The highest BCUT2D eigenvalue weighted by molar-refractivity contribution is 7.21. The molecule has 1 saturated carbocycles. The molecule has 2 atom stereocenters. The van der Waals surface area contributed by atoms with Crippen molar-refractivity contribution in [2.24, 2.45) is 5.41 Å². The predicted molar refractivity (Wildman–Crippen MR) is 123 cm³/mol. The number of aliphatic hydroxyl groups is 1.